The van der Waals surface area contributed by atoms with Crippen molar-refractivity contribution in [1.82, 2.24) is 10.2 Å². The Morgan fingerprint density at radius 2 is 2.00 bits per heavy atom. The van der Waals surface area contributed by atoms with Crippen LogP contribution in [0, 0.1) is 0 Å². The first kappa shape index (κ1) is 14.7. The number of likely N-dealkylation sites (tertiary alicyclic amines) is 1. The molecular weight excluding hydrogens is 274 g/mol. The van der Waals surface area contributed by atoms with E-state index in [1.54, 1.807) is 0 Å². The molecule has 0 spiro atoms. The molecule has 1 unspecified atom stereocenters. The molecular formula is C14H15N3O4. The minimum Gasteiger partial charge on any atom is -0.402 e. The summed E-state index contributed by atoms with van der Waals surface area (Å²) in [5.41, 5.74) is 6.05. The molecule has 0 aromatic rings. The molecule has 0 aromatic carbocycles. The van der Waals surface area contributed by atoms with Crippen LogP contribution in [0.4, 0.5) is 0 Å². The SMILES string of the molecule is C=C/C=C1/C(=O)N(C2CCC(=O)NC2=O)C(=O)/C1=C(/C)N. The van der Waals surface area contributed by atoms with Gasteiger partial charge in [0.25, 0.3) is 11.8 Å². The van der Waals surface area contributed by atoms with Gasteiger partial charge in [0.15, 0.2) is 0 Å². The highest BCUT2D eigenvalue weighted by Crippen LogP contribution is 2.30. The van der Waals surface area contributed by atoms with Gasteiger partial charge in [0.05, 0.1) is 11.1 Å². The first-order chi connectivity index (χ1) is 9.88. The maximum atomic E-state index is 12.4. The van der Waals surface area contributed by atoms with Gasteiger partial charge in [0.2, 0.25) is 11.8 Å². The number of imide groups is 2. The zero-order chi connectivity index (χ0) is 15.7. The van der Waals surface area contributed by atoms with Crippen LogP contribution in [0.5, 0.6) is 0 Å². The number of nitrogens with one attached hydrogen (secondary N) is 1. The molecule has 2 saturated heterocycles. The lowest BCUT2D eigenvalue weighted by atomic mass is 10.0. The Balaban J connectivity index is 2.44. The Hall–Kier alpha value is -2.70. The van der Waals surface area contributed by atoms with E-state index in [1.165, 1.54) is 19.1 Å². The minimum atomic E-state index is -0.993. The molecule has 2 aliphatic rings. The molecule has 110 valence electrons. The predicted octanol–water partition coefficient (Wildman–Crippen LogP) is -0.494. The number of amides is 4. The molecule has 1 atom stereocenters. The van der Waals surface area contributed by atoms with E-state index < -0.39 is 29.7 Å². The number of carbonyl (C=O) groups is 4. The molecule has 7 heteroatoms. The van der Waals surface area contributed by atoms with Crippen molar-refractivity contribution in [3.05, 3.63) is 35.6 Å². The monoisotopic (exact) mass is 289 g/mol. The summed E-state index contributed by atoms with van der Waals surface area (Å²) in [6.45, 7) is 5.00. The molecule has 2 rings (SSSR count). The lowest BCUT2D eigenvalue weighted by molar-refractivity contribution is -0.149. The van der Waals surface area contributed by atoms with Gasteiger partial charge in [-0.05, 0) is 19.4 Å². The van der Waals surface area contributed by atoms with Crippen LogP contribution in [0.2, 0.25) is 0 Å². The number of piperidine rings is 1. The predicted molar refractivity (Wildman–Crippen MR) is 73.2 cm³/mol. The molecule has 7 nitrogen and oxygen atoms in total. The highest BCUT2D eigenvalue weighted by Gasteiger charge is 2.46. The summed E-state index contributed by atoms with van der Waals surface area (Å²) >= 11 is 0. The maximum Gasteiger partial charge on any atom is 0.264 e. The van der Waals surface area contributed by atoms with E-state index >= 15 is 0 Å². The summed E-state index contributed by atoms with van der Waals surface area (Å²) in [6.07, 6.45) is 2.95. The molecule has 0 radical (unpaired) electrons. The summed E-state index contributed by atoms with van der Waals surface area (Å²) in [5.74, 6) is -2.29. The fraction of sp³-hybridized carbons (Fsp3) is 0.286. The molecule has 2 heterocycles. The Bertz CT molecular complexity index is 626. The van der Waals surface area contributed by atoms with Crippen LogP contribution in [-0.4, -0.2) is 34.6 Å². The molecule has 3 N–H and O–H groups in total. The highest BCUT2D eigenvalue weighted by atomic mass is 16.2. The normalized spacial score (nSPS) is 27.2. The van der Waals surface area contributed by atoms with Gasteiger partial charge in [-0.3, -0.25) is 29.4 Å². The zero-order valence-corrected chi connectivity index (χ0v) is 11.5. The topological polar surface area (TPSA) is 110 Å². The van der Waals surface area contributed by atoms with Crippen molar-refractivity contribution in [2.75, 3.05) is 0 Å². The van der Waals surface area contributed by atoms with Crippen LogP contribution >= 0.6 is 0 Å². The van der Waals surface area contributed by atoms with Gasteiger partial charge in [0.1, 0.15) is 6.04 Å². The second-order valence-corrected chi connectivity index (χ2v) is 4.82. The van der Waals surface area contributed by atoms with Gasteiger partial charge in [0, 0.05) is 12.1 Å². The number of hydrogen-bond acceptors (Lipinski definition) is 5. The minimum absolute atomic E-state index is 0.0737. The third-order valence-electron chi connectivity index (χ3n) is 3.35. The van der Waals surface area contributed by atoms with E-state index in [1.807, 2.05) is 0 Å². The van der Waals surface area contributed by atoms with Crippen molar-refractivity contribution < 1.29 is 19.2 Å². The number of nitrogens with two attached hydrogens (primary N) is 1. The molecule has 0 bridgehead atoms. The molecule has 2 aliphatic heterocycles. The molecule has 0 aromatic heterocycles. The molecule has 21 heavy (non-hydrogen) atoms. The smallest absolute Gasteiger partial charge is 0.264 e. The number of hydrogen-bond donors (Lipinski definition) is 2. The van der Waals surface area contributed by atoms with Gasteiger partial charge in [-0.1, -0.05) is 12.7 Å². The lowest BCUT2D eigenvalue weighted by Crippen LogP contribution is -2.54. The van der Waals surface area contributed by atoms with Crippen LogP contribution in [0.3, 0.4) is 0 Å². The third-order valence-corrected chi connectivity index (χ3v) is 3.35. The second-order valence-electron chi connectivity index (χ2n) is 4.82. The van der Waals surface area contributed by atoms with Crippen LogP contribution in [0.15, 0.2) is 35.6 Å². The molecule has 0 aliphatic carbocycles. The number of nitrogens with zero attached hydrogens (tertiary/aromatic N) is 1. The van der Waals surface area contributed by atoms with Crippen LogP contribution in [0.25, 0.3) is 0 Å². The lowest BCUT2D eigenvalue weighted by Gasteiger charge is -2.27. The molecule has 0 saturated carbocycles. The summed E-state index contributed by atoms with van der Waals surface area (Å²) in [4.78, 5) is 48.7. The van der Waals surface area contributed by atoms with E-state index in [9.17, 15) is 19.2 Å². The fourth-order valence-electron chi connectivity index (χ4n) is 2.43. The summed E-state index contributed by atoms with van der Waals surface area (Å²) in [5, 5.41) is 2.13. The van der Waals surface area contributed by atoms with Crippen molar-refractivity contribution in [3.63, 3.8) is 0 Å². The van der Waals surface area contributed by atoms with Crippen molar-refractivity contribution in [2.24, 2.45) is 5.73 Å². The summed E-state index contributed by atoms with van der Waals surface area (Å²) in [7, 11) is 0. The first-order valence-electron chi connectivity index (χ1n) is 6.39. The van der Waals surface area contributed by atoms with Crippen molar-refractivity contribution in [3.8, 4) is 0 Å². The van der Waals surface area contributed by atoms with E-state index in [2.05, 4.69) is 11.9 Å². The zero-order valence-electron chi connectivity index (χ0n) is 11.5. The van der Waals surface area contributed by atoms with Crippen LogP contribution < -0.4 is 11.1 Å². The van der Waals surface area contributed by atoms with E-state index in [4.69, 9.17) is 5.73 Å². The fourth-order valence-corrected chi connectivity index (χ4v) is 2.43. The summed E-state index contributed by atoms with van der Waals surface area (Å²) < 4.78 is 0. The molecule has 2 fully saturated rings. The Morgan fingerprint density at radius 3 is 2.52 bits per heavy atom. The molecule has 4 amide bonds. The maximum absolute atomic E-state index is 12.4. The Labute approximate surface area is 121 Å². The van der Waals surface area contributed by atoms with Crippen LogP contribution in [0.1, 0.15) is 19.8 Å². The third kappa shape index (κ3) is 2.37. The second kappa shape index (κ2) is 5.35. The van der Waals surface area contributed by atoms with Gasteiger partial charge in [-0.2, -0.15) is 0 Å². The number of rotatable bonds is 2. The standard InChI is InChI=1S/C14H15N3O4/c1-3-4-8-11(7(2)15)14(21)17(13(8)20)9-5-6-10(18)16-12(9)19/h3-4,9H,1,5-6,15H2,2H3,(H,16,18,19)/b8-4+,11-7-. The Morgan fingerprint density at radius 1 is 1.33 bits per heavy atom. The van der Waals surface area contributed by atoms with Crippen molar-refractivity contribution >= 4 is 23.6 Å². The van der Waals surface area contributed by atoms with Crippen molar-refractivity contribution in [1.29, 1.82) is 0 Å². The van der Waals surface area contributed by atoms with E-state index in [0.29, 0.717) is 0 Å². The van der Waals surface area contributed by atoms with Gasteiger partial charge < -0.3 is 5.73 Å². The van der Waals surface area contributed by atoms with Crippen molar-refractivity contribution in [2.45, 2.75) is 25.8 Å². The van der Waals surface area contributed by atoms with Gasteiger partial charge in [-0.15, -0.1) is 0 Å². The Kier molecular flexibility index (Phi) is 3.75. The average Bonchev–Trinajstić information content (AvgIpc) is 2.63. The first-order valence-corrected chi connectivity index (χ1v) is 6.39. The highest BCUT2D eigenvalue weighted by molar-refractivity contribution is 6.26. The van der Waals surface area contributed by atoms with Gasteiger partial charge in [-0.25, -0.2) is 0 Å². The van der Waals surface area contributed by atoms with Gasteiger partial charge >= 0.3 is 0 Å². The largest absolute Gasteiger partial charge is 0.402 e. The van der Waals surface area contributed by atoms with E-state index in [0.717, 1.165) is 4.90 Å². The average molecular weight is 289 g/mol. The summed E-state index contributed by atoms with van der Waals surface area (Å²) in [6, 6.07) is -0.993. The van der Waals surface area contributed by atoms with Crippen LogP contribution in [-0.2, 0) is 19.2 Å². The number of allylic oxidation sites excluding steroid dienone is 3. The quantitative estimate of drug-likeness (QED) is 0.526. The van der Waals surface area contributed by atoms with E-state index in [-0.39, 0.29) is 29.7 Å². The number of carbonyl (C=O) groups excluding carboxylic acids is 4.